The molecule has 0 aliphatic heterocycles. The second-order valence-electron chi connectivity index (χ2n) is 3.70. The molecule has 1 N–H and O–H groups in total. The van der Waals surface area contributed by atoms with Gasteiger partial charge in [0.1, 0.15) is 0 Å². The first-order valence-corrected chi connectivity index (χ1v) is 5.74. The van der Waals surface area contributed by atoms with E-state index in [0.29, 0.717) is 6.42 Å². The van der Waals surface area contributed by atoms with Gasteiger partial charge in [0.05, 0.1) is 5.92 Å². The van der Waals surface area contributed by atoms with Crippen molar-refractivity contribution in [1.82, 2.24) is 0 Å². The smallest absolute Gasteiger partial charge is 0.306 e. The number of benzene rings is 1. The Kier molecular flexibility index (Phi) is 2.73. The highest BCUT2D eigenvalue weighted by Crippen LogP contribution is 2.26. The average Bonchev–Trinajstić information content (AvgIpc) is 2.66. The Bertz CT molecular complexity index is 487. The minimum atomic E-state index is -0.733. The molecular weight excluding hydrogens is 208 g/mol. The molecule has 15 heavy (non-hydrogen) atoms. The number of aliphatic carboxylic acids is 1. The van der Waals surface area contributed by atoms with Gasteiger partial charge in [0.25, 0.3) is 0 Å². The summed E-state index contributed by atoms with van der Waals surface area (Å²) in [6, 6.07) is 8.12. The number of fused-ring (bicyclic) bond motifs is 1. The van der Waals surface area contributed by atoms with Gasteiger partial charge >= 0.3 is 5.97 Å². The van der Waals surface area contributed by atoms with Gasteiger partial charge in [-0.05, 0) is 28.8 Å². The first-order valence-electron chi connectivity index (χ1n) is 4.86. The molecule has 0 saturated carbocycles. The Balaban J connectivity index is 2.35. The fourth-order valence-corrected chi connectivity index (χ4v) is 2.56. The molecule has 0 aliphatic rings. The molecule has 0 spiro atoms. The van der Waals surface area contributed by atoms with Gasteiger partial charge in [0, 0.05) is 4.70 Å². The van der Waals surface area contributed by atoms with E-state index in [1.54, 1.807) is 18.3 Å². The van der Waals surface area contributed by atoms with Crippen molar-refractivity contribution >= 4 is 27.4 Å². The number of carboxylic acids is 1. The van der Waals surface area contributed by atoms with E-state index in [1.807, 2.05) is 17.5 Å². The van der Waals surface area contributed by atoms with Gasteiger partial charge in [0.2, 0.25) is 0 Å². The van der Waals surface area contributed by atoms with Crippen molar-refractivity contribution in [1.29, 1.82) is 0 Å². The van der Waals surface area contributed by atoms with Crippen LogP contribution in [0.25, 0.3) is 10.1 Å². The molecule has 1 heterocycles. The zero-order valence-electron chi connectivity index (χ0n) is 8.43. The van der Waals surface area contributed by atoms with E-state index >= 15 is 0 Å². The molecule has 1 aromatic carbocycles. The fraction of sp³-hybridized carbons (Fsp3) is 0.250. The standard InChI is InChI=1S/C12H12O2S/c1-8(12(13)14)7-10-4-2-3-9-5-6-15-11(9)10/h2-6,8H,7H2,1H3,(H,13,14). The molecule has 1 unspecified atom stereocenters. The minimum Gasteiger partial charge on any atom is -0.481 e. The predicted molar refractivity (Wildman–Crippen MR) is 62.3 cm³/mol. The quantitative estimate of drug-likeness (QED) is 0.862. The van der Waals surface area contributed by atoms with Crippen LogP contribution in [-0.2, 0) is 11.2 Å². The highest BCUT2D eigenvalue weighted by Gasteiger charge is 2.13. The Hall–Kier alpha value is -1.35. The summed E-state index contributed by atoms with van der Waals surface area (Å²) in [7, 11) is 0. The van der Waals surface area contributed by atoms with E-state index < -0.39 is 5.97 Å². The van der Waals surface area contributed by atoms with Crippen molar-refractivity contribution in [2.24, 2.45) is 5.92 Å². The van der Waals surface area contributed by atoms with Crippen molar-refractivity contribution in [2.45, 2.75) is 13.3 Å². The molecule has 0 saturated heterocycles. The third-order valence-corrected chi connectivity index (χ3v) is 3.51. The molecule has 0 fully saturated rings. The van der Waals surface area contributed by atoms with E-state index in [4.69, 9.17) is 5.11 Å². The third-order valence-electron chi connectivity index (χ3n) is 2.51. The Morgan fingerprint density at radius 2 is 2.27 bits per heavy atom. The van der Waals surface area contributed by atoms with Crippen LogP contribution in [0, 0.1) is 5.92 Å². The van der Waals surface area contributed by atoms with Crippen molar-refractivity contribution in [3.8, 4) is 0 Å². The minimum absolute atomic E-state index is 0.322. The van der Waals surface area contributed by atoms with Crippen molar-refractivity contribution in [3.63, 3.8) is 0 Å². The molecule has 2 nitrogen and oxygen atoms in total. The van der Waals surface area contributed by atoms with Crippen LogP contribution < -0.4 is 0 Å². The molecule has 0 aliphatic carbocycles. The van der Waals surface area contributed by atoms with Crippen LogP contribution in [0.1, 0.15) is 12.5 Å². The molecule has 2 rings (SSSR count). The molecule has 1 atom stereocenters. The maximum Gasteiger partial charge on any atom is 0.306 e. The van der Waals surface area contributed by atoms with Crippen LogP contribution in [0.3, 0.4) is 0 Å². The maximum atomic E-state index is 10.8. The lowest BCUT2D eigenvalue weighted by Gasteiger charge is -2.06. The number of hydrogen-bond donors (Lipinski definition) is 1. The van der Waals surface area contributed by atoms with Gasteiger partial charge in [-0.25, -0.2) is 0 Å². The summed E-state index contributed by atoms with van der Waals surface area (Å²) >= 11 is 1.67. The Labute approximate surface area is 92.2 Å². The largest absolute Gasteiger partial charge is 0.481 e. The highest BCUT2D eigenvalue weighted by atomic mass is 32.1. The Morgan fingerprint density at radius 1 is 1.47 bits per heavy atom. The molecule has 1 aromatic heterocycles. The van der Waals surface area contributed by atoms with E-state index in [-0.39, 0.29) is 5.92 Å². The number of thiophene rings is 1. The van der Waals surface area contributed by atoms with E-state index in [0.717, 1.165) is 5.56 Å². The van der Waals surface area contributed by atoms with Crippen LogP contribution >= 0.6 is 11.3 Å². The third kappa shape index (κ3) is 2.02. The van der Waals surface area contributed by atoms with E-state index in [9.17, 15) is 4.79 Å². The summed E-state index contributed by atoms with van der Waals surface area (Å²) < 4.78 is 1.21. The summed E-state index contributed by atoms with van der Waals surface area (Å²) in [6.45, 7) is 1.74. The second kappa shape index (κ2) is 4.03. The van der Waals surface area contributed by atoms with Crippen molar-refractivity contribution < 1.29 is 9.90 Å². The molecule has 0 amide bonds. The van der Waals surface area contributed by atoms with Crippen molar-refractivity contribution in [2.75, 3.05) is 0 Å². The zero-order valence-corrected chi connectivity index (χ0v) is 9.25. The van der Waals surface area contributed by atoms with Crippen LogP contribution in [0.5, 0.6) is 0 Å². The molecular formula is C12H12O2S. The number of rotatable bonds is 3. The number of carbonyl (C=O) groups is 1. The first-order chi connectivity index (χ1) is 7.18. The molecule has 78 valence electrons. The average molecular weight is 220 g/mol. The van der Waals surface area contributed by atoms with Gasteiger partial charge in [0.15, 0.2) is 0 Å². The number of carboxylic acid groups (broad SMARTS) is 1. The van der Waals surface area contributed by atoms with Gasteiger partial charge in [-0.1, -0.05) is 25.1 Å². The molecule has 0 radical (unpaired) electrons. The zero-order chi connectivity index (χ0) is 10.8. The van der Waals surface area contributed by atoms with Crippen LogP contribution in [0.2, 0.25) is 0 Å². The summed E-state index contributed by atoms with van der Waals surface area (Å²) in [5, 5.41) is 12.1. The SMILES string of the molecule is CC(Cc1cccc2ccsc12)C(=O)O. The van der Waals surface area contributed by atoms with Gasteiger partial charge in [-0.15, -0.1) is 11.3 Å². The summed E-state index contributed by atoms with van der Waals surface area (Å²) in [5.74, 6) is -1.05. The van der Waals surface area contributed by atoms with E-state index in [2.05, 4.69) is 12.1 Å². The van der Waals surface area contributed by atoms with Gasteiger partial charge < -0.3 is 5.11 Å². The maximum absolute atomic E-state index is 10.8. The lowest BCUT2D eigenvalue weighted by Crippen LogP contribution is -2.12. The van der Waals surface area contributed by atoms with Gasteiger partial charge in [-0.2, -0.15) is 0 Å². The van der Waals surface area contributed by atoms with Gasteiger partial charge in [-0.3, -0.25) is 4.79 Å². The molecule has 2 aromatic rings. The molecule has 3 heteroatoms. The Morgan fingerprint density at radius 3 is 3.00 bits per heavy atom. The summed E-state index contributed by atoms with van der Waals surface area (Å²) in [5.41, 5.74) is 1.14. The van der Waals surface area contributed by atoms with Crippen LogP contribution in [-0.4, -0.2) is 11.1 Å². The van der Waals surface area contributed by atoms with Crippen LogP contribution in [0.4, 0.5) is 0 Å². The van der Waals surface area contributed by atoms with E-state index in [1.165, 1.54) is 10.1 Å². The number of hydrogen-bond acceptors (Lipinski definition) is 2. The fourth-order valence-electron chi connectivity index (χ4n) is 1.63. The summed E-state index contributed by atoms with van der Waals surface area (Å²) in [4.78, 5) is 10.8. The lowest BCUT2D eigenvalue weighted by atomic mass is 10.0. The predicted octanol–water partition coefficient (Wildman–Crippen LogP) is 3.16. The monoisotopic (exact) mass is 220 g/mol. The normalized spacial score (nSPS) is 12.9. The van der Waals surface area contributed by atoms with Crippen LogP contribution in [0.15, 0.2) is 29.6 Å². The lowest BCUT2D eigenvalue weighted by molar-refractivity contribution is -0.141. The second-order valence-corrected chi connectivity index (χ2v) is 4.62. The molecule has 0 bridgehead atoms. The highest BCUT2D eigenvalue weighted by molar-refractivity contribution is 7.17. The summed E-state index contributed by atoms with van der Waals surface area (Å²) in [6.07, 6.45) is 0.604. The topological polar surface area (TPSA) is 37.3 Å². The first kappa shape index (κ1) is 10.2. The van der Waals surface area contributed by atoms with Crippen molar-refractivity contribution in [3.05, 3.63) is 35.2 Å².